The maximum atomic E-state index is 12.6. The van der Waals surface area contributed by atoms with Crippen molar-refractivity contribution < 1.29 is 31.1 Å². The van der Waals surface area contributed by atoms with E-state index < -0.39 is 26.2 Å². The largest absolute Gasteiger partial charge is 0.501 e. The Morgan fingerprint density at radius 3 is 2.81 bits per heavy atom. The van der Waals surface area contributed by atoms with Crippen molar-refractivity contribution in [1.82, 2.24) is 4.98 Å². The standard InChI is InChI=1S/C15H14F3N3O4S2/c1-2-25-13(22)7-11-9-26-14(20-11)21-19-8-10-4-3-5-12(6-10)27(23,24)15(16,17)18/h3-6,8-9H,2,7H2,1H3,(H,20,21). The fourth-order valence-corrected chi connectivity index (χ4v) is 3.33. The molecule has 7 nitrogen and oxygen atoms in total. The van der Waals surface area contributed by atoms with Crippen molar-refractivity contribution in [2.75, 3.05) is 12.0 Å². The van der Waals surface area contributed by atoms with E-state index in [1.165, 1.54) is 23.5 Å². The number of ether oxygens (including phenoxy) is 1. The molecule has 0 unspecified atom stereocenters. The second-order valence-corrected chi connectivity index (χ2v) is 7.82. The fourth-order valence-electron chi connectivity index (χ4n) is 1.86. The summed E-state index contributed by atoms with van der Waals surface area (Å²) in [4.78, 5) is 14.6. The third-order valence-electron chi connectivity index (χ3n) is 3.03. The second-order valence-electron chi connectivity index (χ2n) is 5.02. The molecule has 0 aliphatic carbocycles. The van der Waals surface area contributed by atoms with Gasteiger partial charge in [-0.1, -0.05) is 12.1 Å². The predicted octanol–water partition coefficient (Wildman–Crippen LogP) is 2.99. The summed E-state index contributed by atoms with van der Waals surface area (Å²) >= 11 is 1.17. The maximum Gasteiger partial charge on any atom is 0.501 e. The van der Waals surface area contributed by atoms with Crippen molar-refractivity contribution >= 4 is 38.5 Å². The number of halogens is 3. The molecule has 27 heavy (non-hydrogen) atoms. The minimum Gasteiger partial charge on any atom is -0.466 e. The summed E-state index contributed by atoms with van der Waals surface area (Å²) in [6.45, 7) is 1.96. The number of nitrogens with one attached hydrogen (secondary N) is 1. The quantitative estimate of drug-likeness (QED) is 0.419. The SMILES string of the molecule is CCOC(=O)Cc1csc(NN=Cc2cccc(S(=O)(=O)C(F)(F)F)c2)n1. The number of hydrazone groups is 1. The number of nitrogens with zero attached hydrogens (tertiary/aromatic N) is 2. The molecule has 0 bridgehead atoms. The van der Waals surface area contributed by atoms with E-state index in [1.54, 1.807) is 12.3 Å². The molecule has 0 aliphatic rings. The van der Waals surface area contributed by atoms with Crippen LogP contribution in [0.25, 0.3) is 0 Å². The van der Waals surface area contributed by atoms with Crippen LogP contribution in [0, 0.1) is 0 Å². The number of hydrogen-bond acceptors (Lipinski definition) is 8. The molecule has 1 aromatic heterocycles. The normalized spacial score (nSPS) is 12.3. The summed E-state index contributed by atoms with van der Waals surface area (Å²) in [5.74, 6) is -0.416. The van der Waals surface area contributed by atoms with E-state index in [9.17, 15) is 26.4 Å². The highest BCUT2D eigenvalue weighted by molar-refractivity contribution is 7.92. The van der Waals surface area contributed by atoms with E-state index in [4.69, 9.17) is 4.74 Å². The minimum atomic E-state index is -5.43. The van der Waals surface area contributed by atoms with Crippen LogP contribution in [0.2, 0.25) is 0 Å². The van der Waals surface area contributed by atoms with Crippen LogP contribution in [0.5, 0.6) is 0 Å². The summed E-state index contributed by atoms with van der Waals surface area (Å²) in [6, 6.07) is 4.30. The Morgan fingerprint density at radius 2 is 2.15 bits per heavy atom. The number of carbonyl (C=O) groups is 1. The van der Waals surface area contributed by atoms with E-state index >= 15 is 0 Å². The smallest absolute Gasteiger partial charge is 0.466 e. The number of carbonyl (C=O) groups excluding carboxylic acids is 1. The third-order valence-corrected chi connectivity index (χ3v) is 5.31. The average molecular weight is 421 g/mol. The molecule has 146 valence electrons. The van der Waals surface area contributed by atoms with E-state index in [0.29, 0.717) is 10.8 Å². The van der Waals surface area contributed by atoms with Crippen LogP contribution < -0.4 is 5.43 Å². The van der Waals surface area contributed by atoms with Gasteiger partial charge in [-0.15, -0.1) is 11.3 Å². The number of thiazole rings is 1. The van der Waals surface area contributed by atoms with Gasteiger partial charge in [0.25, 0.3) is 9.84 Å². The van der Waals surface area contributed by atoms with Crippen LogP contribution >= 0.6 is 11.3 Å². The first-order chi connectivity index (χ1) is 12.6. The molecule has 0 saturated heterocycles. The van der Waals surface area contributed by atoms with Gasteiger partial charge >= 0.3 is 11.5 Å². The van der Waals surface area contributed by atoms with Crippen molar-refractivity contribution in [3.63, 3.8) is 0 Å². The molecule has 0 aliphatic heterocycles. The van der Waals surface area contributed by atoms with Crippen LogP contribution in [0.15, 0.2) is 39.6 Å². The number of benzene rings is 1. The van der Waals surface area contributed by atoms with Gasteiger partial charge in [-0.05, 0) is 24.6 Å². The molecule has 0 radical (unpaired) electrons. The summed E-state index contributed by atoms with van der Waals surface area (Å²) in [5.41, 5.74) is -2.19. The van der Waals surface area contributed by atoms with Gasteiger partial charge in [0.2, 0.25) is 5.13 Å². The molecule has 0 spiro atoms. The van der Waals surface area contributed by atoms with E-state index in [-0.39, 0.29) is 18.6 Å². The summed E-state index contributed by atoms with van der Waals surface area (Å²) in [5, 5.41) is 5.79. The van der Waals surface area contributed by atoms with Gasteiger partial charge in [0.15, 0.2) is 0 Å². The number of hydrogen-bond donors (Lipinski definition) is 1. The molecule has 1 aromatic carbocycles. The van der Waals surface area contributed by atoms with Crippen molar-refractivity contribution in [2.24, 2.45) is 5.10 Å². The molecule has 2 rings (SSSR count). The van der Waals surface area contributed by atoms with Crippen molar-refractivity contribution in [1.29, 1.82) is 0 Å². The molecule has 2 aromatic rings. The van der Waals surface area contributed by atoms with Gasteiger partial charge in [0.05, 0.1) is 29.8 Å². The summed E-state index contributed by atoms with van der Waals surface area (Å²) in [6.07, 6.45) is 1.16. The number of alkyl halides is 3. The molecule has 0 atom stereocenters. The Labute approximate surface area is 156 Å². The molecular weight excluding hydrogens is 407 g/mol. The summed E-state index contributed by atoms with van der Waals surface area (Å²) < 4.78 is 65.4. The summed E-state index contributed by atoms with van der Waals surface area (Å²) in [7, 11) is -5.43. The molecule has 0 saturated carbocycles. The second kappa shape index (κ2) is 8.48. The predicted molar refractivity (Wildman–Crippen MR) is 93.4 cm³/mol. The Morgan fingerprint density at radius 1 is 1.41 bits per heavy atom. The monoisotopic (exact) mass is 421 g/mol. The number of sulfone groups is 1. The first kappa shape index (κ1) is 20.8. The topological polar surface area (TPSA) is 97.7 Å². The molecule has 1 N–H and O–H groups in total. The Balaban J connectivity index is 2.04. The number of rotatable bonds is 7. The molecule has 12 heteroatoms. The lowest BCUT2D eigenvalue weighted by Gasteiger charge is -2.08. The zero-order valence-corrected chi connectivity index (χ0v) is 15.5. The number of anilines is 1. The lowest BCUT2D eigenvalue weighted by Crippen LogP contribution is -2.23. The Bertz CT molecular complexity index is 940. The number of esters is 1. The van der Waals surface area contributed by atoms with Crippen molar-refractivity contribution in [3.8, 4) is 0 Å². The first-order valence-electron chi connectivity index (χ1n) is 7.44. The zero-order chi connectivity index (χ0) is 20.1. The fraction of sp³-hybridized carbons (Fsp3) is 0.267. The lowest BCUT2D eigenvalue weighted by molar-refractivity contribution is -0.142. The van der Waals surface area contributed by atoms with Gasteiger partial charge in [-0.3, -0.25) is 10.2 Å². The van der Waals surface area contributed by atoms with Gasteiger partial charge in [-0.25, -0.2) is 13.4 Å². The van der Waals surface area contributed by atoms with Crippen LogP contribution in [0.4, 0.5) is 18.3 Å². The van der Waals surface area contributed by atoms with Gasteiger partial charge in [0, 0.05) is 5.38 Å². The van der Waals surface area contributed by atoms with E-state index in [0.717, 1.165) is 18.3 Å². The molecule has 0 amide bonds. The molecular formula is C15H14F3N3O4S2. The van der Waals surface area contributed by atoms with Gasteiger partial charge < -0.3 is 4.74 Å². The lowest BCUT2D eigenvalue weighted by atomic mass is 10.2. The third kappa shape index (κ3) is 5.50. The van der Waals surface area contributed by atoms with E-state index in [2.05, 4.69) is 15.5 Å². The minimum absolute atomic E-state index is 0.00703. The highest BCUT2D eigenvalue weighted by atomic mass is 32.2. The van der Waals surface area contributed by atoms with Crippen LogP contribution in [0.3, 0.4) is 0 Å². The average Bonchev–Trinajstić information content (AvgIpc) is 3.01. The first-order valence-corrected chi connectivity index (χ1v) is 9.80. The zero-order valence-electron chi connectivity index (χ0n) is 13.9. The highest BCUT2D eigenvalue weighted by Crippen LogP contribution is 2.30. The van der Waals surface area contributed by atoms with E-state index in [1.807, 2.05) is 0 Å². The van der Waals surface area contributed by atoms with Crippen LogP contribution in [0.1, 0.15) is 18.2 Å². The van der Waals surface area contributed by atoms with Crippen molar-refractivity contribution in [3.05, 3.63) is 40.9 Å². The van der Waals surface area contributed by atoms with Gasteiger partial charge in [0.1, 0.15) is 0 Å². The van der Waals surface area contributed by atoms with Crippen LogP contribution in [-0.4, -0.2) is 37.7 Å². The molecule has 1 heterocycles. The Kier molecular flexibility index (Phi) is 6.54. The highest BCUT2D eigenvalue weighted by Gasteiger charge is 2.46. The maximum absolute atomic E-state index is 12.6. The van der Waals surface area contributed by atoms with Crippen LogP contribution in [-0.2, 0) is 25.8 Å². The van der Waals surface area contributed by atoms with Gasteiger partial charge in [-0.2, -0.15) is 18.3 Å². The number of aromatic nitrogens is 1. The van der Waals surface area contributed by atoms with Crippen molar-refractivity contribution in [2.45, 2.75) is 23.7 Å². The Hall–Kier alpha value is -2.47. The molecule has 0 fully saturated rings.